The molecule has 0 aliphatic heterocycles. The summed E-state index contributed by atoms with van der Waals surface area (Å²) < 4.78 is 9.84. The number of hydrogen-bond donors (Lipinski definition) is 2. The lowest BCUT2D eigenvalue weighted by molar-refractivity contribution is -0.147. The molecule has 0 bridgehead atoms. The van der Waals surface area contributed by atoms with Gasteiger partial charge in [0.1, 0.15) is 12.1 Å². The van der Waals surface area contributed by atoms with Crippen LogP contribution in [0.15, 0.2) is 0 Å². The summed E-state index contributed by atoms with van der Waals surface area (Å²) in [6.45, 7) is 7.95. The number of hydrogen-bond acceptors (Lipinski definition) is 5. The van der Waals surface area contributed by atoms with Crippen molar-refractivity contribution >= 4 is 18.0 Å². The highest BCUT2D eigenvalue weighted by Crippen LogP contribution is 2.10. The fourth-order valence-electron chi connectivity index (χ4n) is 2.96. The molecule has 3 atom stereocenters. The number of methoxy groups -OCH3 is 1. The number of unbranched alkanes of at least 4 members (excludes halogenated alkanes) is 8. The highest BCUT2D eigenvalue weighted by atomic mass is 16.5. The highest BCUT2D eigenvalue weighted by molar-refractivity contribution is 5.89. The lowest BCUT2D eigenvalue weighted by atomic mass is 9.98. The number of amides is 2. The minimum absolute atomic E-state index is 0.0979. The van der Waals surface area contributed by atoms with Gasteiger partial charge in [0, 0.05) is 0 Å². The standard InChI is InChI=1S/C22H42N2O5/c1-6-8-9-10-11-12-13-14-15-16-29-21(26)18(4)23-20(25)19(17(3)7-2)24-22(27)28-5/h17-19H,6-16H2,1-5H3,(H,23,25)(H,24,27). The summed E-state index contributed by atoms with van der Waals surface area (Å²) in [7, 11) is 1.24. The van der Waals surface area contributed by atoms with Crippen molar-refractivity contribution in [2.75, 3.05) is 13.7 Å². The molecule has 0 rings (SSSR count). The molecule has 0 aromatic carbocycles. The number of alkyl carbamates (subject to hydrolysis) is 1. The third-order valence-electron chi connectivity index (χ3n) is 5.16. The Kier molecular flexibility index (Phi) is 16.0. The van der Waals surface area contributed by atoms with E-state index in [4.69, 9.17) is 4.74 Å². The minimum atomic E-state index is -0.771. The molecule has 0 fully saturated rings. The largest absolute Gasteiger partial charge is 0.464 e. The van der Waals surface area contributed by atoms with E-state index in [9.17, 15) is 14.4 Å². The van der Waals surface area contributed by atoms with E-state index in [1.165, 1.54) is 45.6 Å². The lowest BCUT2D eigenvalue weighted by Gasteiger charge is -2.24. The first-order chi connectivity index (χ1) is 13.9. The van der Waals surface area contributed by atoms with Gasteiger partial charge < -0.3 is 20.1 Å². The predicted octanol–water partition coefficient (Wildman–Crippen LogP) is 4.34. The Hall–Kier alpha value is -1.79. The van der Waals surface area contributed by atoms with Crippen molar-refractivity contribution in [1.82, 2.24) is 10.6 Å². The van der Waals surface area contributed by atoms with E-state index in [-0.39, 0.29) is 5.92 Å². The van der Waals surface area contributed by atoms with Crippen LogP contribution in [0.2, 0.25) is 0 Å². The molecule has 0 aliphatic carbocycles. The van der Waals surface area contributed by atoms with Gasteiger partial charge >= 0.3 is 12.1 Å². The molecule has 0 aromatic rings. The molecule has 0 heterocycles. The average Bonchev–Trinajstić information content (AvgIpc) is 2.72. The zero-order valence-electron chi connectivity index (χ0n) is 19.1. The first-order valence-electron chi connectivity index (χ1n) is 11.2. The summed E-state index contributed by atoms with van der Waals surface area (Å²) in [5.74, 6) is -0.976. The number of rotatable bonds is 16. The van der Waals surface area contributed by atoms with Crippen LogP contribution >= 0.6 is 0 Å². The van der Waals surface area contributed by atoms with Gasteiger partial charge in [0.25, 0.3) is 0 Å². The van der Waals surface area contributed by atoms with Crippen LogP contribution in [0.3, 0.4) is 0 Å². The molecule has 29 heavy (non-hydrogen) atoms. The molecule has 7 nitrogen and oxygen atoms in total. The SMILES string of the molecule is CCCCCCCCCCCOC(=O)C(C)NC(=O)C(NC(=O)OC)C(C)CC. The van der Waals surface area contributed by atoms with E-state index in [0.717, 1.165) is 19.3 Å². The van der Waals surface area contributed by atoms with Crippen molar-refractivity contribution in [2.24, 2.45) is 5.92 Å². The van der Waals surface area contributed by atoms with Crippen molar-refractivity contribution in [2.45, 2.75) is 104 Å². The van der Waals surface area contributed by atoms with Crippen molar-refractivity contribution in [3.63, 3.8) is 0 Å². The lowest BCUT2D eigenvalue weighted by Crippen LogP contribution is -2.53. The van der Waals surface area contributed by atoms with E-state index < -0.39 is 30.1 Å². The Morgan fingerprint density at radius 2 is 1.38 bits per heavy atom. The van der Waals surface area contributed by atoms with Gasteiger partial charge in [0.15, 0.2) is 0 Å². The van der Waals surface area contributed by atoms with Gasteiger partial charge in [-0.15, -0.1) is 0 Å². The summed E-state index contributed by atoms with van der Waals surface area (Å²) in [4.78, 5) is 36.0. The van der Waals surface area contributed by atoms with Gasteiger partial charge in [0.2, 0.25) is 5.91 Å². The van der Waals surface area contributed by atoms with E-state index in [1.54, 1.807) is 6.92 Å². The average molecular weight is 415 g/mol. The van der Waals surface area contributed by atoms with Crippen LogP contribution in [0.5, 0.6) is 0 Å². The van der Waals surface area contributed by atoms with Gasteiger partial charge in [0.05, 0.1) is 13.7 Å². The Morgan fingerprint density at radius 1 is 0.828 bits per heavy atom. The molecule has 0 saturated carbocycles. The molecular weight excluding hydrogens is 372 g/mol. The second kappa shape index (κ2) is 17.1. The number of carbonyl (C=O) groups excluding carboxylic acids is 3. The monoisotopic (exact) mass is 414 g/mol. The maximum Gasteiger partial charge on any atom is 0.407 e. The normalized spacial score (nSPS) is 13.8. The first-order valence-corrected chi connectivity index (χ1v) is 11.2. The summed E-state index contributed by atoms with van der Waals surface area (Å²) in [6.07, 6.45) is 10.8. The number of nitrogens with one attached hydrogen (secondary N) is 2. The third-order valence-corrected chi connectivity index (χ3v) is 5.16. The van der Waals surface area contributed by atoms with Crippen LogP contribution in [-0.4, -0.2) is 43.8 Å². The molecule has 0 radical (unpaired) electrons. The van der Waals surface area contributed by atoms with Crippen molar-refractivity contribution < 1.29 is 23.9 Å². The zero-order chi connectivity index (χ0) is 22.1. The zero-order valence-corrected chi connectivity index (χ0v) is 19.1. The van der Waals surface area contributed by atoms with Crippen LogP contribution in [0.1, 0.15) is 91.9 Å². The van der Waals surface area contributed by atoms with Crippen LogP contribution in [0.25, 0.3) is 0 Å². The topological polar surface area (TPSA) is 93.7 Å². The second-order valence-electron chi connectivity index (χ2n) is 7.73. The minimum Gasteiger partial charge on any atom is -0.464 e. The quantitative estimate of drug-likeness (QED) is 0.289. The maximum absolute atomic E-state index is 12.5. The predicted molar refractivity (Wildman–Crippen MR) is 115 cm³/mol. The van der Waals surface area contributed by atoms with E-state index in [1.807, 2.05) is 13.8 Å². The maximum atomic E-state index is 12.5. The number of esters is 1. The summed E-state index contributed by atoms with van der Waals surface area (Å²) in [5.41, 5.74) is 0. The van der Waals surface area contributed by atoms with Gasteiger partial charge in [-0.1, -0.05) is 78.6 Å². The fourth-order valence-corrected chi connectivity index (χ4v) is 2.96. The second-order valence-corrected chi connectivity index (χ2v) is 7.73. The summed E-state index contributed by atoms with van der Waals surface area (Å²) in [5, 5.41) is 5.15. The Labute approximate surface area is 176 Å². The van der Waals surface area contributed by atoms with Gasteiger partial charge in [-0.25, -0.2) is 9.59 Å². The highest BCUT2D eigenvalue weighted by Gasteiger charge is 2.28. The van der Waals surface area contributed by atoms with Crippen LogP contribution in [0.4, 0.5) is 4.79 Å². The Balaban J connectivity index is 4.09. The van der Waals surface area contributed by atoms with Crippen LogP contribution in [-0.2, 0) is 19.1 Å². The van der Waals surface area contributed by atoms with Crippen LogP contribution in [0, 0.1) is 5.92 Å². The molecule has 3 unspecified atom stereocenters. The Bertz CT molecular complexity index is 470. The first kappa shape index (κ1) is 27.2. The molecular formula is C22H42N2O5. The van der Waals surface area contributed by atoms with E-state index >= 15 is 0 Å². The molecule has 0 spiro atoms. The molecule has 2 amide bonds. The van der Waals surface area contributed by atoms with E-state index in [2.05, 4.69) is 22.3 Å². The van der Waals surface area contributed by atoms with Crippen LogP contribution < -0.4 is 10.6 Å². The number of ether oxygens (including phenoxy) is 2. The molecule has 0 aliphatic rings. The van der Waals surface area contributed by atoms with Gasteiger partial charge in [-0.2, -0.15) is 0 Å². The van der Waals surface area contributed by atoms with Crippen molar-refractivity contribution in [1.29, 1.82) is 0 Å². The molecule has 7 heteroatoms. The van der Waals surface area contributed by atoms with E-state index in [0.29, 0.717) is 13.0 Å². The fraction of sp³-hybridized carbons (Fsp3) is 0.864. The van der Waals surface area contributed by atoms with Crippen molar-refractivity contribution in [3.8, 4) is 0 Å². The smallest absolute Gasteiger partial charge is 0.407 e. The Morgan fingerprint density at radius 3 is 1.90 bits per heavy atom. The molecule has 0 saturated heterocycles. The summed E-state index contributed by atoms with van der Waals surface area (Å²) >= 11 is 0. The summed E-state index contributed by atoms with van der Waals surface area (Å²) in [6, 6.07) is -1.54. The van der Waals surface area contributed by atoms with Crippen molar-refractivity contribution in [3.05, 3.63) is 0 Å². The third kappa shape index (κ3) is 13.1. The molecule has 170 valence electrons. The number of carbonyl (C=O) groups is 3. The van der Waals surface area contributed by atoms with Gasteiger partial charge in [-0.3, -0.25) is 4.79 Å². The molecule has 0 aromatic heterocycles. The van der Waals surface area contributed by atoms with Gasteiger partial charge in [-0.05, 0) is 19.3 Å². The molecule has 2 N–H and O–H groups in total.